The molecule has 0 N–H and O–H groups in total. The van der Waals surface area contributed by atoms with Gasteiger partial charge in [0.1, 0.15) is 0 Å². The van der Waals surface area contributed by atoms with Crippen molar-refractivity contribution in [3.05, 3.63) is 0 Å². The lowest BCUT2D eigenvalue weighted by molar-refractivity contribution is 0.0774. The Balaban J connectivity index is 3.77. The maximum Gasteiger partial charge on any atom is 0.0513 e. The van der Waals surface area contributed by atoms with Gasteiger partial charge in [0, 0.05) is 14.2 Å². The van der Waals surface area contributed by atoms with Crippen LogP contribution in [0.4, 0.5) is 0 Å². The van der Waals surface area contributed by atoms with E-state index >= 15 is 0 Å². The summed E-state index contributed by atoms with van der Waals surface area (Å²) in [6.07, 6.45) is 3.68. The molecule has 0 aliphatic heterocycles. The summed E-state index contributed by atoms with van der Waals surface area (Å²) in [6.45, 7) is 10.7. The van der Waals surface area contributed by atoms with Crippen molar-refractivity contribution < 1.29 is 9.47 Å². The Morgan fingerprint density at radius 3 is 1.33 bits per heavy atom. The lowest BCUT2D eigenvalue weighted by Gasteiger charge is -2.27. The molecular formula is C13H28O2. The van der Waals surface area contributed by atoms with Crippen LogP contribution in [-0.4, -0.2) is 27.4 Å². The van der Waals surface area contributed by atoms with Gasteiger partial charge in [-0.15, -0.1) is 0 Å². The summed E-state index contributed by atoms with van der Waals surface area (Å²) in [5.41, 5.74) is 0.607. The SMILES string of the molecule is COCC(C)(C)CCCC(C)(C)COC. The molecule has 15 heavy (non-hydrogen) atoms. The first-order valence-electron chi connectivity index (χ1n) is 5.81. The second kappa shape index (κ2) is 6.49. The van der Waals surface area contributed by atoms with E-state index in [1.54, 1.807) is 14.2 Å². The van der Waals surface area contributed by atoms with Crippen molar-refractivity contribution >= 4 is 0 Å². The molecule has 0 aromatic rings. The van der Waals surface area contributed by atoms with Crippen LogP contribution in [0, 0.1) is 10.8 Å². The van der Waals surface area contributed by atoms with E-state index in [0.29, 0.717) is 10.8 Å². The highest BCUT2D eigenvalue weighted by atomic mass is 16.5. The first kappa shape index (κ1) is 14.9. The number of methoxy groups -OCH3 is 2. The van der Waals surface area contributed by atoms with Crippen LogP contribution in [0.15, 0.2) is 0 Å². The molecule has 0 saturated heterocycles. The topological polar surface area (TPSA) is 18.5 Å². The molecule has 0 heterocycles. The van der Waals surface area contributed by atoms with Crippen LogP contribution in [0.3, 0.4) is 0 Å². The fraction of sp³-hybridized carbons (Fsp3) is 1.00. The van der Waals surface area contributed by atoms with Crippen molar-refractivity contribution in [2.45, 2.75) is 47.0 Å². The average molecular weight is 216 g/mol. The summed E-state index contributed by atoms with van der Waals surface area (Å²) < 4.78 is 10.4. The molecule has 0 radical (unpaired) electrons. The third-order valence-electron chi connectivity index (χ3n) is 2.78. The molecule has 0 aromatic carbocycles. The van der Waals surface area contributed by atoms with Gasteiger partial charge < -0.3 is 9.47 Å². The molecule has 0 aromatic heterocycles. The molecule has 0 unspecified atom stereocenters. The number of rotatable bonds is 8. The standard InChI is InChI=1S/C13H28O2/c1-12(2,10-14-5)8-7-9-13(3,4)11-15-6/h7-11H2,1-6H3. The quantitative estimate of drug-likeness (QED) is 0.618. The third-order valence-corrected chi connectivity index (χ3v) is 2.78. The van der Waals surface area contributed by atoms with Gasteiger partial charge in [0.25, 0.3) is 0 Å². The van der Waals surface area contributed by atoms with E-state index in [9.17, 15) is 0 Å². The van der Waals surface area contributed by atoms with Crippen LogP contribution in [0.2, 0.25) is 0 Å². The average Bonchev–Trinajstić information content (AvgIpc) is 2.02. The van der Waals surface area contributed by atoms with E-state index in [-0.39, 0.29) is 0 Å². The molecule has 2 nitrogen and oxygen atoms in total. The Morgan fingerprint density at radius 1 is 0.733 bits per heavy atom. The molecule has 0 aliphatic rings. The van der Waals surface area contributed by atoms with Gasteiger partial charge >= 0.3 is 0 Å². The maximum absolute atomic E-state index is 5.21. The second-order valence-corrected chi connectivity index (χ2v) is 6.05. The Labute approximate surface area is 95.3 Å². The van der Waals surface area contributed by atoms with E-state index in [2.05, 4.69) is 27.7 Å². The number of ether oxygens (including phenoxy) is 2. The summed E-state index contributed by atoms with van der Waals surface area (Å²) in [7, 11) is 3.55. The largest absolute Gasteiger partial charge is 0.384 e. The molecule has 0 rings (SSSR count). The molecule has 0 amide bonds. The van der Waals surface area contributed by atoms with Gasteiger partial charge in [0.2, 0.25) is 0 Å². The molecule has 0 spiro atoms. The van der Waals surface area contributed by atoms with Crippen LogP contribution < -0.4 is 0 Å². The highest BCUT2D eigenvalue weighted by molar-refractivity contribution is 4.72. The third kappa shape index (κ3) is 7.80. The van der Waals surface area contributed by atoms with Crippen LogP contribution in [0.1, 0.15) is 47.0 Å². The van der Waals surface area contributed by atoms with Crippen LogP contribution in [-0.2, 0) is 9.47 Å². The Kier molecular flexibility index (Phi) is 6.46. The maximum atomic E-state index is 5.21. The summed E-state index contributed by atoms with van der Waals surface area (Å²) in [6, 6.07) is 0. The molecule has 2 heteroatoms. The first-order valence-corrected chi connectivity index (χ1v) is 5.81. The fourth-order valence-electron chi connectivity index (χ4n) is 1.97. The monoisotopic (exact) mass is 216 g/mol. The van der Waals surface area contributed by atoms with Crippen molar-refractivity contribution in [1.29, 1.82) is 0 Å². The zero-order valence-corrected chi connectivity index (χ0v) is 11.4. The van der Waals surface area contributed by atoms with Gasteiger partial charge in [-0.05, 0) is 23.7 Å². The number of hydrogen-bond acceptors (Lipinski definition) is 2. The van der Waals surface area contributed by atoms with Crippen molar-refractivity contribution in [1.82, 2.24) is 0 Å². The van der Waals surface area contributed by atoms with Crippen molar-refractivity contribution in [2.24, 2.45) is 10.8 Å². The molecule has 0 fully saturated rings. The molecule has 0 atom stereocenters. The summed E-state index contributed by atoms with van der Waals surface area (Å²) >= 11 is 0. The lowest BCUT2D eigenvalue weighted by Crippen LogP contribution is -2.22. The highest BCUT2D eigenvalue weighted by Crippen LogP contribution is 2.29. The van der Waals surface area contributed by atoms with Crippen LogP contribution in [0.5, 0.6) is 0 Å². The summed E-state index contributed by atoms with van der Waals surface area (Å²) in [4.78, 5) is 0. The molecular weight excluding hydrogens is 188 g/mol. The normalized spacial score (nSPS) is 13.2. The first-order chi connectivity index (χ1) is 6.83. The minimum Gasteiger partial charge on any atom is -0.384 e. The lowest BCUT2D eigenvalue weighted by atomic mass is 9.82. The van der Waals surface area contributed by atoms with Crippen molar-refractivity contribution in [3.63, 3.8) is 0 Å². The van der Waals surface area contributed by atoms with E-state index in [1.165, 1.54) is 19.3 Å². The molecule has 0 saturated carbocycles. The Morgan fingerprint density at radius 2 is 1.07 bits per heavy atom. The van der Waals surface area contributed by atoms with Crippen LogP contribution in [0.25, 0.3) is 0 Å². The molecule has 0 bridgehead atoms. The zero-order valence-electron chi connectivity index (χ0n) is 11.4. The van der Waals surface area contributed by atoms with Gasteiger partial charge in [-0.3, -0.25) is 0 Å². The number of hydrogen-bond donors (Lipinski definition) is 0. The van der Waals surface area contributed by atoms with Gasteiger partial charge in [-0.2, -0.15) is 0 Å². The molecule has 0 aliphatic carbocycles. The highest BCUT2D eigenvalue weighted by Gasteiger charge is 2.21. The predicted octanol–water partition coefficient (Wildman–Crippen LogP) is 3.50. The van der Waals surface area contributed by atoms with Crippen molar-refractivity contribution in [3.8, 4) is 0 Å². The fourth-order valence-corrected chi connectivity index (χ4v) is 1.97. The van der Waals surface area contributed by atoms with Gasteiger partial charge in [-0.25, -0.2) is 0 Å². The predicted molar refractivity (Wildman–Crippen MR) is 65.2 cm³/mol. The Bertz CT molecular complexity index is 144. The summed E-state index contributed by atoms with van der Waals surface area (Å²) in [5, 5.41) is 0. The molecule has 92 valence electrons. The van der Waals surface area contributed by atoms with Gasteiger partial charge in [0.15, 0.2) is 0 Å². The summed E-state index contributed by atoms with van der Waals surface area (Å²) in [5.74, 6) is 0. The van der Waals surface area contributed by atoms with Crippen LogP contribution >= 0.6 is 0 Å². The van der Waals surface area contributed by atoms with E-state index in [4.69, 9.17) is 9.47 Å². The second-order valence-electron chi connectivity index (χ2n) is 6.05. The minimum absolute atomic E-state index is 0.303. The van der Waals surface area contributed by atoms with E-state index < -0.39 is 0 Å². The van der Waals surface area contributed by atoms with E-state index in [0.717, 1.165) is 13.2 Å². The van der Waals surface area contributed by atoms with Gasteiger partial charge in [0.05, 0.1) is 13.2 Å². The zero-order chi connectivity index (χ0) is 11.9. The Hall–Kier alpha value is -0.0800. The smallest absolute Gasteiger partial charge is 0.0513 e. The minimum atomic E-state index is 0.303. The van der Waals surface area contributed by atoms with Crippen molar-refractivity contribution in [2.75, 3.05) is 27.4 Å². The van der Waals surface area contributed by atoms with Gasteiger partial charge in [-0.1, -0.05) is 34.1 Å². The van der Waals surface area contributed by atoms with E-state index in [1.807, 2.05) is 0 Å².